The molecular weight excluding hydrogens is 378 g/mol. The van der Waals surface area contributed by atoms with E-state index in [1.807, 2.05) is 30.3 Å². The topological polar surface area (TPSA) is 156 Å². The average molecular weight is 405 g/mol. The van der Waals surface area contributed by atoms with Crippen LogP contribution in [0.1, 0.15) is 37.2 Å². The van der Waals surface area contributed by atoms with Crippen molar-refractivity contribution in [2.45, 2.75) is 49.8 Å². The van der Waals surface area contributed by atoms with Crippen molar-refractivity contribution in [1.29, 1.82) is 0 Å². The molecule has 3 atom stereocenters. The first-order chi connectivity index (χ1) is 12.2. The lowest BCUT2D eigenvalue weighted by atomic mass is 9.98. The van der Waals surface area contributed by atoms with Gasteiger partial charge < -0.3 is 20.2 Å². The highest BCUT2D eigenvalue weighted by Gasteiger charge is 2.40. The molecule has 2 bridgehead atoms. The lowest BCUT2D eigenvalue weighted by Gasteiger charge is -2.36. The Labute approximate surface area is 158 Å². The first kappa shape index (κ1) is 23.5. The molecule has 1 aromatic carbocycles. The molecule has 9 nitrogen and oxygen atoms in total. The van der Waals surface area contributed by atoms with E-state index in [1.54, 1.807) is 0 Å². The van der Waals surface area contributed by atoms with Crippen molar-refractivity contribution in [3.8, 4) is 0 Å². The minimum atomic E-state index is -4.67. The minimum Gasteiger partial charge on any atom is -0.462 e. The number of benzene rings is 1. The van der Waals surface area contributed by atoms with E-state index in [0.29, 0.717) is 12.1 Å². The molecule has 0 saturated carbocycles. The number of esters is 1. The molecule has 1 aromatic rings. The molecule has 3 unspecified atom stereocenters. The highest BCUT2D eigenvalue weighted by molar-refractivity contribution is 7.79. The van der Waals surface area contributed by atoms with Gasteiger partial charge in [-0.15, -0.1) is 0 Å². The van der Waals surface area contributed by atoms with Crippen LogP contribution in [0.5, 0.6) is 0 Å². The monoisotopic (exact) mass is 405 g/mol. The summed E-state index contributed by atoms with van der Waals surface area (Å²) in [5.41, 5.74) is 0.820. The van der Waals surface area contributed by atoms with Crippen LogP contribution in [0.25, 0.3) is 0 Å². The number of piperidine rings is 1. The minimum absolute atomic E-state index is 0. The fourth-order valence-electron chi connectivity index (χ4n) is 3.71. The van der Waals surface area contributed by atoms with Gasteiger partial charge in [-0.3, -0.25) is 13.9 Å². The molecule has 0 aliphatic carbocycles. The van der Waals surface area contributed by atoms with E-state index < -0.39 is 16.3 Å². The molecule has 2 aliphatic rings. The Hall–Kier alpha value is -1.56. The van der Waals surface area contributed by atoms with Crippen molar-refractivity contribution in [2.75, 3.05) is 13.7 Å². The van der Waals surface area contributed by atoms with Crippen LogP contribution < -0.4 is 0 Å². The van der Waals surface area contributed by atoms with Crippen LogP contribution in [0.3, 0.4) is 0 Å². The van der Waals surface area contributed by atoms with Gasteiger partial charge in [-0.2, -0.15) is 8.42 Å². The number of nitrogens with zero attached hydrogens (tertiary/aromatic N) is 1. The van der Waals surface area contributed by atoms with E-state index in [9.17, 15) is 9.90 Å². The van der Waals surface area contributed by atoms with Crippen molar-refractivity contribution in [1.82, 2.24) is 4.90 Å². The molecule has 27 heavy (non-hydrogen) atoms. The SMILES string of the molecule is CN1C2CCC1CC(OC(=O)C(CO)c1ccccc1)C2.O.O=S(=O)(O)O. The molecule has 154 valence electrons. The highest BCUT2D eigenvalue weighted by Crippen LogP contribution is 2.36. The number of hydrogen-bond donors (Lipinski definition) is 3. The summed E-state index contributed by atoms with van der Waals surface area (Å²) in [5.74, 6) is -0.860. The third kappa shape index (κ3) is 7.17. The number of ether oxygens (including phenoxy) is 1. The van der Waals surface area contributed by atoms with Crippen LogP contribution in [0, 0.1) is 0 Å². The van der Waals surface area contributed by atoms with Gasteiger partial charge in [0.2, 0.25) is 0 Å². The number of aliphatic hydroxyl groups is 1. The number of aliphatic hydroxyl groups excluding tert-OH is 1. The lowest BCUT2D eigenvalue weighted by Crippen LogP contribution is -2.43. The Morgan fingerprint density at radius 1 is 1.19 bits per heavy atom. The zero-order chi connectivity index (χ0) is 19.3. The second-order valence-corrected chi connectivity index (χ2v) is 7.57. The van der Waals surface area contributed by atoms with Gasteiger partial charge in [0.15, 0.2) is 0 Å². The zero-order valence-electron chi connectivity index (χ0n) is 15.1. The van der Waals surface area contributed by atoms with Gasteiger partial charge in [0.05, 0.1) is 6.61 Å². The van der Waals surface area contributed by atoms with Gasteiger partial charge >= 0.3 is 16.4 Å². The maximum Gasteiger partial charge on any atom is 0.394 e. The lowest BCUT2D eigenvalue weighted by molar-refractivity contribution is -0.155. The van der Waals surface area contributed by atoms with Crippen molar-refractivity contribution in [2.24, 2.45) is 0 Å². The highest BCUT2D eigenvalue weighted by atomic mass is 32.3. The molecule has 5 N–H and O–H groups in total. The fraction of sp³-hybridized carbons (Fsp3) is 0.588. The normalized spacial score (nSPS) is 25.6. The largest absolute Gasteiger partial charge is 0.462 e. The second kappa shape index (κ2) is 10.1. The summed E-state index contributed by atoms with van der Waals surface area (Å²) in [6.07, 6.45) is 4.26. The Morgan fingerprint density at radius 3 is 2.11 bits per heavy atom. The van der Waals surface area contributed by atoms with E-state index in [4.69, 9.17) is 22.3 Å². The standard InChI is InChI=1S/C17H23NO3.H2O4S.H2O/c1-18-13-7-8-14(18)10-15(9-13)21-17(20)16(11-19)12-5-3-2-4-6-12;1-5(2,3)4;/h2-6,13-16,19H,7-11H2,1H3;(H2,1,2,3,4);1H2. The number of rotatable bonds is 4. The summed E-state index contributed by atoms with van der Waals surface area (Å²) in [5, 5.41) is 9.53. The molecule has 2 heterocycles. The third-order valence-corrected chi connectivity index (χ3v) is 5.01. The average Bonchev–Trinajstić information content (AvgIpc) is 2.77. The fourth-order valence-corrected chi connectivity index (χ4v) is 3.71. The Morgan fingerprint density at radius 2 is 1.67 bits per heavy atom. The maximum atomic E-state index is 12.4. The molecule has 0 amide bonds. The van der Waals surface area contributed by atoms with Crippen molar-refractivity contribution < 1.29 is 37.6 Å². The Bertz CT molecular complexity index is 674. The van der Waals surface area contributed by atoms with Crippen LogP contribution in [0.4, 0.5) is 0 Å². The predicted molar refractivity (Wildman–Crippen MR) is 97.7 cm³/mol. The van der Waals surface area contributed by atoms with Gasteiger partial charge in [0.25, 0.3) is 0 Å². The zero-order valence-corrected chi connectivity index (χ0v) is 15.9. The molecule has 2 saturated heterocycles. The summed E-state index contributed by atoms with van der Waals surface area (Å²) < 4.78 is 37.3. The number of carbonyl (C=O) groups is 1. The molecule has 2 aliphatic heterocycles. The molecule has 0 spiro atoms. The summed E-state index contributed by atoms with van der Waals surface area (Å²) >= 11 is 0. The van der Waals surface area contributed by atoms with Crippen LogP contribution in [-0.4, -0.2) is 70.8 Å². The van der Waals surface area contributed by atoms with Gasteiger partial charge in [0.1, 0.15) is 12.0 Å². The molecule has 0 radical (unpaired) electrons. The van der Waals surface area contributed by atoms with Crippen molar-refractivity contribution in [3.05, 3.63) is 35.9 Å². The van der Waals surface area contributed by atoms with E-state index in [-0.39, 0.29) is 24.2 Å². The second-order valence-electron chi connectivity index (χ2n) is 6.67. The summed E-state index contributed by atoms with van der Waals surface area (Å²) in [6, 6.07) is 10.5. The Kier molecular flexibility index (Phi) is 8.79. The van der Waals surface area contributed by atoms with Gasteiger partial charge in [-0.05, 0) is 38.3 Å². The molecular formula is C17H27NO8S. The van der Waals surface area contributed by atoms with Crippen molar-refractivity contribution >= 4 is 16.4 Å². The van der Waals surface area contributed by atoms with Gasteiger partial charge in [-0.1, -0.05) is 30.3 Å². The first-order valence-electron chi connectivity index (χ1n) is 8.47. The molecule has 0 aromatic heterocycles. The summed E-state index contributed by atoms with van der Waals surface area (Å²) in [4.78, 5) is 14.8. The van der Waals surface area contributed by atoms with Gasteiger partial charge in [-0.25, -0.2) is 0 Å². The first-order valence-corrected chi connectivity index (χ1v) is 9.87. The van der Waals surface area contributed by atoms with Crippen LogP contribution in [-0.2, 0) is 19.9 Å². The Balaban J connectivity index is 0.000000542. The number of fused-ring (bicyclic) bond motifs is 2. The number of hydrogen-bond acceptors (Lipinski definition) is 6. The van der Waals surface area contributed by atoms with E-state index >= 15 is 0 Å². The number of carbonyl (C=O) groups excluding carboxylic acids is 1. The van der Waals surface area contributed by atoms with Crippen LogP contribution >= 0.6 is 0 Å². The summed E-state index contributed by atoms with van der Waals surface area (Å²) in [7, 11) is -2.50. The molecule has 3 rings (SSSR count). The third-order valence-electron chi connectivity index (χ3n) is 5.01. The van der Waals surface area contributed by atoms with Gasteiger partial charge in [0, 0.05) is 12.1 Å². The maximum absolute atomic E-state index is 12.4. The van der Waals surface area contributed by atoms with Crippen LogP contribution in [0.15, 0.2) is 30.3 Å². The molecule has 2 fully saturated rings. The van der Waals surface area contributed by atoms with Crippen LogP contribution in [0.2, 0.25) is 0 Å². The predicted octanol–water partition coefficient (Wildman–Crippen LogP) is 0.453. The smallest absolute Gasteiger partial charge is 0.394 e. The summed E-state index contributed by atoms with van der Waals surface area (Å²) in [6.45, 7) is -0.206. The van der Waals surface area contributed by atoms with E-state index in [1.165, 1.54) is 12.8 Å². The quantitative estimate of drug-likeness (QED) is 0.481. The molecule has 10 heteroatoms. The van der Waals surface area contributed by atoms with E-state index in [2.05, 4.69) is 11.9 Å². The van der Waals surface area contributed by atoms with Crippen molar-refractivity contribution in [3.63, 3.8) is 0 Å². The van der Waals surface area contributed by atoms with E-state index in [0.717, 1.165) is 18.4 Å².